The summed E-state index contributed by atoms with van der Waals surface area (Å²) < 4.78 is 29.4. The molecule has 1 unspecified atom stereocenters. The fourth-order valence-corrected chi connectivity index (χ4v) is 3.19. The summed E-state index contributed by atoms with van der Waals surface area (Å²) in [6, 6.07) is 15.7. The molecule has 3 rings (SSSR count). The molecule has 0 nitrogen and oxygen atoms in total. The third kappa shape index (κ3) is 3.48. The van der Waals surface area contributed by atoms with Gasteiger partial charge in [0, 0.05) is 12.0 Å². The van der Waals surface area contributed by atoms with Crippen LogP contribution in [0.25, 0.3) is 11.1 Å². The second kappa shape index (κ2) is 7.12. The number of rotatable bonds is 5. The van der Waals surface area contributed by atoms with Gasteiger partial charge in [0.05, 0.1) is 0 Å². The van der Waals surface area contributed by atoms with Gasteiger partial charge >= 0.3 is 0 Å². The molecule has 2 heteroatoms. The van der Waals surface area contributed by atoms with Gasteiger partial charge in [-0.25, -0.2) is 8.78 Å². The van der Waals surface area contributed by atoms with Gasteiger partial charge in [-0.2, -0.15) is 0 Å². The van der Waals surface area contributed by atoms with Gasteiger partial charge in [-0.05, 0) is 41.7 Å². The van der Waals surface area contributed by atoms with Crippen LogP contribution in [0.1, 0.15) is 37.3 Å². The predicted molar refractivity (Wildman–Crippen MR) is 96.2 cm³/mol. The Bertz CT molecular complexity index is 759. The lowest BCUT2D eigenvalue weighted by molar-refractivity contribution is 0.217. The molecule has 0 aromatic heterocycles. The third-order valence-corrected chi connectivity index (χ3v) is 4.50. The van der Waals surface area contributed by atoms with Crippen molar-refractivity contribution in [2.75, 3.05) is 0 Å². The van der Waals surface area contributed by atoms with Gasteiger partial charge in [0.2, 0.25) is 0 Å². The molecule has 1 aliphatic carbocycles. The van der Waals surface area contributed by atoms with E-state index >= 15 is 4.39 Å². The molecular weight excluding hydrogens is 302 g/mol. The molecule has 0 spiro atoms. The Morgan fingerprint density at radius 1 is 1.08 bits per heavy atom. The van der Waals surface area contributed by atoms with Crippen molar-refractivity contribution >= 4 is 0 Å². The van der Waals surface area contributed by atoms with E-state index in [1.54, 1.807) is 0 Å². The summed E-state index contributed by atoms with van der Waals surface area (Å²) in [6.07, 6.45) is 7.12. The van der Waals surface area contributed by atoms with Crippen LogP contribution in [0.4, 0.5) is 8.78 Å². The minimum absolute atomic E-state index is 0.236. The van der Waals surface area contributed by atoms with Crippen molar-refractivity contribution in [3.63, 3.8) is 0 Å². The molecule has 124 valence electrons. The van der Waals surface area contributed by atoms with Crippen molar-refractivity contribution in [2.24, 2.45) is 0 Å². The lowest BCUT2D eigenvalue weighted by Gasteiger charge is -2.27. The smallest absolute Gasteiger partial charge is 0.161 e. The summed E-state index contributed by atoms with van der Waals surface area (Å²) in [5.74, 6) is -0.419. The van der Waals surface area contributed by atoms with Crippen molar-refractivity contribution in [3.8, 4) is 11.1 Å². The highest BCUT2D eigenvalue weighted by Crippen LogP contribution is 2.42. The van der Waals surface area contributed by atoms with Crippen LogP contribution in [0.2, 0.25) is 0 Å². The van der Waals surface area contributed by atoms with Crippen LogP contribution >= 0.6 is 0 Å². The zero-order chi connectivity index (χ0) is 17.0. The average molecular weight is 324 g/mol. The maximum atomic E-state index is 15.6. The summed E-state index contributed by atoms with van der Waals surface area (Å²) in [4.78, 5) is 0. The zero-order valence-corrected chi connectivity index (χ0v) is 13.9. The topological polar surface area (TPSA) is 0 Å². The summed E-state index contributed by atoms with van der Waals surface area (Å²) in [5, 5.41) is 0. The molecular formula is C22H22F2. The minimum atomic E-state index is -1.80. The normalized spacial score (nSPS) is 20.0. The van der Waals surface area contributed by atoms with E-state index in [2.05, 4.69) is 13.0 Å². The number of halogens is 2. The number of hydrogen-bond acceptors (Lipinski definition) is 0. The van der Waals surface area contributed by atoms with Crippen LogP contribution in [0.15, 0.2) is 72.6 Å². The molecule has 1 atom stereocenters. The zero-order valence-electron chi connectivity index (χ0n) is 13.9. The van der Waals surface area contributed by atoms with Crippen LogP contribution in [0, 0.1) is 0 Å². The summed E-state index contributed by atoms with van der Waals surface area (Å²) >= 11 is 0. The number of benzene rings is 2. The lowest BCUT2D eigenvalue weighted by atomic mass is 9.82. The van der Waals surface area contributed by atoms with E-state index in [0.29, 0.717) is 5.56 Å². The first-order valence-electron chi connectivity index (χ1n) is 8.54. The Morgan fingerprint density at radius 2 is 1.88 bits per heavy atom. The molecule has 0 aliphatic heterocycles. The van der Waals surface area contributed by atoms with E-state index in [9.17, 15) is 4.39 Å². The largest absolute Gasteiger partial charge is 0.234 e. The second-order valence-corrected chi connectivity index (χ2v) is 6.36. The van der Waals surface area contributed by atoms with Gasteiger partial charge in [0.1, 0.15) is 5.83 Å². The monoisotopic (exact) mass is 324 g/mol. The van der Waals surface area contributed by atoms with E-state index < -0.39 is 11.5 Å². The van der Waals surface area contributed by atoms with Gasteiger partial charge in [0.25, 0.3) is 0 Å². The standard InChI is InChI=1S/C22H22F2/c1-2-3-8-17-12-13-20(18-9-5-4-6-10-18)21(15-17)22(24)14-7-11-19(23)16-22/h4-7,9-15H,2-3,8,16H2,1H3. The van der Waals surface area contributed by atoms with Crippen LogP contribution in [0.3, 0.4) is 0 Å². The van der Waals surface area contributed by atoms with Crippen molar-refractivity contribution in [2.45, 2.75) is 38.3 Å². The fourth-order valence-electron chi connectivity index (χ4n) is 3.19. The molecule has 0 amide bonds. The van der Waals surface area contributed by atoms with Crippen LogP contribution < -0.4 is 0 Å². The third-order valence-electron chi connectivity index (χ3n) is 4.50. The lowest BCUT2D eigenvalue weighted by Crippen LogP contribution is -2.20. The number of allylic oxidation sites excluding steroid dienone is 4. The molecule has 2 aromatic carbocycles. The van der Waals surface area contributed by atoms with Crippen molar-refractivity contribution in [1.29, 1.82) is 0 Å². The Balaban J connectivity index is 2.09. The number of alkyl halides is 1. The summed E-state index contributed by atoms with van der Waals surface area (Å²) in [5.41, 5.74) is 1.65. The van der Waals surface area contributed by atoms with Gasteiger partial charge in [-0.3, -0.25) is 0 Å². The van der Waals surface area contributed by atoms with Crippen molar-refractivity contribution < 1.29 is 8.78 Å². The Labute approximate surface area is 142 Å². The molecule has 0 radical (unpaired) electrons. The first-order chi connectivity index (χ1) is 11.6. The Hall–Kier alpha value is -2.22. The van der Waals surface area contributed by atoms with Gasteiger partial charge in [-0.15, -0.1) is 0 Å². The first kappa shape index (κ1) is 16.6. The maximum absolute atomic E-state index is 15.6. The van der Waals surface area contributed by atoms with Crippen molar-refractivity contribution in [3.05, 3.63) is 83.7 Å². The fraction of sp³-hybridized carbons (Fsp3) is 0.273. The minimum Gasteiger partial charge on any atom is -0.234 e. The highest BCUT2D eigenvalue weighted by Gasteiger charge is 2.34. The number of hydrogen-bond donors (Lipinski definition) is 0. The van der Waals surface area contributed by atoms with E-state index in [1.165, 1.54) is 18.2 Å². The SMILES string of the molecule is CCCCc1ccc(-c2ccccc2)c(C2(F)C=CC=C(F)C2)c1. The molecule has 2 aromatic rings. The molecule has 0 heterocycles. The van der Waals surface area contributed by atoms with E-state index in [-0.39, 0.29) is 6.42 Å². The van der Waals surface area contributed by atoms with E-state index in [0.717, 1.165) is 36.0 Å². The van der Waals surface area contributed by atoms with Gasteiger partial charge in [-0.1, -0.05) is 68.0 Å². The highest BCUT2D eigenvalue weighted by molar-refractivity contribution is 5.70. The molecule has 0 bridgehead atoms. The Morgan fingerprint density at radius 3 is 2.58 bits per heavy atom. The molecule has 0 fully saturated rings. The maximum Gasteiger partial charge on any atom is 0.161 e. The Kier molecular flexibility index (Phi) is 4.94. The predicted octanol–water partition coefficient (Wildman–Crippen LogP) is 6.67. The average Bonchev–Trinajstić information content (AvgIpc) is 2.60. The summed E-state index contributed by atoms with van der Waals surface area (Å²) in [7, 11) is 0. The van der Waals surface area contributed by atoms with Crippen molar-refractivity contribution in [1.82, 2.24) is 0 Å². The van der Waals surface area contributed by atoms with E-state index in [1.807, 2.05) is 42.5 Å². The highest BCUT2D eigenvalue weighted by atomic mass is 19.1. The summed E-state index contributed by atoms with van der Waals surface area (Å²) in [6.45, 7) is 2.14. The number of aryl methyl sites for hydroxylation is 1. The first-order valence-corrected chi connectivity index (χ1v) is 8.54. The van der Waals surface area contributed by atoms with Gasteiger partial charge in [0.15, 0.2) is 5.67 Å². The second-order valence-electron chi connectivity index (χ2n) is 6.36. The molecule has 0 N–H and O–H groups in total. The van der Waals surface area contributed by atoms with Crippen LogP contribution in [0.5, 0.6) is 0 Å². The molecule has 24 heavy (non-hydrogen) atoms. The molecule has 0 saturated carbocycles. The van der Waals surface area contributed by atoms with E-state index in [4.69, 9.17) is 0 Å². The van der Waals surface area contributed by atoms with Crippen LogP contribution in [-0.4, -0.2) is 0 Å². The molecule has 0 saturated heterocycles. The quantitative estimate of drug-likeness (QED) is 0.576. The number of unbranched alkanes of at least 4 members (excludes halogenated alkanes) is 1. The van der Waals surface area contributed by atoms with Gasteiger partial charge < -0.3 is 0 Å². The van der Waals surface area contributed by atoms with Crippen LogP contribution in [-0.2, 0) is 12.1 Å². The molecule has 1 aliphatic rings.